The van der Waals surface area contributed by atoms with Gasteiger partial charge in [0.25, 0.3) is 0 Å². The number of pyridine rings is 1. The zero-order valence-corrected chi connectivity index (χ0v) is 18.0. The predicted molar refractivity (Wildman–Crippen MR) is 112 cm³/mol. The highest BCUT2D eigenvalue weighted by Gasteiger charge is 2.34. The van der Waals surface area contributed by atoms with Crippen molar-refractivity contribution < 1.29 is 18.0 Å². The molecule has 0 spiro atoms. The Morgan fingerprint density at radius 1 is 1.25 bits per heavy atom. The summed E-state index contributed by atoms with van der Waals surface area (Å²) in [7, 11) is 3.33. The van der Waals surface area contributed by atoms with Crippen LogP contribution in [0.15, 0.2) is 24.5 Å². The fraction of sp³-hybridized carbons (Fsp3) is 0.400. The van der Waals surface area contributed by atoms with Crippen molar-refractivity contribution in [1.82, 2.24) is 24.5 Å². The standard InChI is InChI=1S/C20H23F3N8O/c1-11-18-15(29(3)12(2)19(32)27-18)6-17(26-11)24-7-13-8-25-31(9-13)10-14-5-16(20(21,22)23)28-30(14)4/h5-6,8-9,12H,7,10H2,1-4H3,(H,24,26)(H,27,32)/t12-/m0/s1. The van der Waals surface area contributed by atoms with E-state index in [9.17, 15) is 18.0 Å². The number of aromatic nitrogens is 5. The maximum atomic E-state index is 12.8. The number of fused-ring (bicyclic) bond motifs is 1. The van der Waals surface area contributed by atoms with Gasteiger partial charge in [-0.15, -0.1) is 0 Å². The van der Waals surface area contributed by atoms with Gasteiger partial charge in [-0.1, -0.05) is 0 Å². The molecule has 3 aromatic rings. The summed E-state index contributed by atoms with van der Waals surface area (Å²) in [5.41, 5.74) is 2.59. The van der Waals surface area contributed by atoms with Gasteiger partial charge in [-0.2, -0.15) is 23.4 Å². The van der Waals surface area contributed by atoms with E-state index in [0.717, 1.165) is 17.3 Å². The van der Waals surface area contributed by atoms with E-state index < -0.39 is 11.9 Å². The molecule has 0 fully saturated rings. The molecule has 0 saturated carbocycles. The molecule has 4 rings (SSSR count). The van der Waals surface area contributed by atoms with Crippen molar-refractivity contribution in [2.75, 3.05) is 22.6 Å². The molecule has 0 radical (unpaired) electrons. The number of rotatable bonds is 5. The van der Waals surface area contributed by atoms with E-state index in [1.807, 2.05) is 31.9 Å². The monoisotopic (exact) mass is 448 g/mol. The smallest absolute Gasteiger partial charge is 0.366 e. The Labute approximate surface area is 182 Å². The maximum Gasteiger partial charge on any atom is 0.435 e. The fourth-order valence-corrected chi connectivity index (χ4v) is 3.53. The van der Waals surface area contributed by atoms with Crippen molar-refractivity contribution in [1.29, 1.82) is 0 Å². The number of nitrogens with zero attached hydrogens (tertiary/aromatic N) is 6. The van der Waals surface area contributed by atoms with Crippen molar-refractivity contribution in [3.05, 3.63) is 47.2 Å². The first kappa shape index (κ1) is 21.7. The number of aryl methyl sites for hydroxylation is 2. The number of halogens is 3. The summed E-state index contributed by atoms with van der Waals surface area (Å²) < 4.78 is 41.3. The van der Waals surface area contributed by atoms with Crippen LogP contribution in [0.3, 0.4) is 0 Å². The minimum atomic E-state index is -4.48. The van der Waals surface area contributed by atoms with Crippen molar-refractivity contribution in [3.63, 3.8) is 0 Å². The summed E-state index contributed by atoms with van der Waals surface area (Å²) in [4.78, 5) is 18.5. The van der Waals surface area contributed by atoms with Gasteiger partial charge in [0.1, 0.15) is 11.9 Å². The van der Waals surface area contributed by atoms with Gasteiger partial charge in [0, 0.05) is 38.5 Å². The van der Waals surface area contributed by atoms with Gasteiger partial charge in [-0.05, 0) is 19.9 Å². The number of alkyl halides is 3. The van der Waals surface area contributed by atoms with E-state index in [0.29, 0.717) is 29.4 Å². The molecule has 0 aliphatic carbocycles. The summed E-state index contributed by atoms with van der Waals surface area (Å²) in [5, 5.41) is 13.9. The van der Waals surface area contributed by atoms with Crippen molar-refractivity contribution in [2.45, 2.75) is 39.2 Å². The molecule has 1 aliphatic rings. The average molecular weight is 448 g/mol. The zero-order valence-electron chi connectivity index (χ0n) is 18.0. The van der Waals surface area contributed by atoms with Crippen LogP contribution in [0.5, 0.6) is 0 Å². The van der Waals surface area contributed by atoms with Crippen LogP contribution in [0.25, 0.3) is 0 Å². The van der Waals surface area contributed by atoms with Gasteiger partial charge in [-0.3, -0.25) is 14.2 Å². The first-order chi connectivity index (χ1) is 15.0. The second-order valence-corrected chi connectivity index (χ2v) is 7.81. The highest BCUT2D eigenvalue weighted by molar-refractivity contribution is 6.04. The summed E-state index contributed by atoms with van der Waals surface area (Å²) in [6, 6.07) is 2.60. The second-order valence-electron chi connectivity index (χ2n) is 7.81. The summed E-state index contributed by atoms with van der Waals surface area (Å²) in [5.74, 6) is 0.569. The molecule has 0 aromatic carbocycles. The minimum absolute atomic E-state index is 0.0752. The lowest BCUT2D eigenvalue weighted by atomic mass is 10.1. The lowest BCUT2D eigenvalue weighted by molar-refractivity contribution is -0.141. The van der Waals surface area contributed by atoms with E-state index in [4.69, 9.17) is 0 Å². The van der Waals surface area contributed by atoms with E-state index in [-0.39, 0.29) is 18.5 Å². The number of hydrogen-bond donors (Lipinski definition) is 2. The molecule has 2 N–H and O–H groups in total. The first-order valence-electron chi connectivity index (χ1n) is 9.93. The Kier molecular flexibility index (Phi) is 5.31. The zero-order chi connectivity index (χ0) is 23.2. The molecule has 1 atom stereocenters. The van der Waals surface area contributed by atoms with Crippen LogP contribution >= 0.6 is 0 Å². The van der Waals surface area contributed by atoms with Crippen LogP contribution < -0.4 is 15.5 Å². The molecular weight excluding hydrogens is 425 g/mol. The Balaban J connectivity index is 1.45. The Bertz CT molecular complexity index is 1170. The molecule has 12 heteroatoms. The quantitative estimate of drug-likeness (QED) is 0.624. The van der Waals surface area contributed by atoms with E-state index in [2.05, 4.69) is 25.8 Å². The molecule has 4 heterocycles. The topological polar surface area (TPSA) is 92.9 Å². The van der Waals surface area contributed by atoms with Crippen LogP contribution in [0, 0.1) is 6.92 Å². The van der Waals surface area contributed by atoms with Gasteiger partial charge in [-0.25, -0.2) is 4.98 Å². The molecule has 9 nitrogen and oxygen atoms in total. The Morgan fingerprint density at radius 3 is 2.69 bits per heavy atom. The molecule has 32 heavy (non-hydrogen) atoms. The van der Waals surface area contributed by atoms with Gasteiger partial charge in [0.05, 0.1) is 35.5 Å². The van der Waals surface area contributed by atoms with E-state index in [1.165, 1.54) is 11.7 Å². The molecule has 1 amide bonds. The maximum absolute atomic E-state index is 12.8. The normalized spacial score (nSPS) is 16.2. The fourth-order valence-electron chi connectivity index (χ4n) is 3.53. The Morgan fingerprint density at radius 2 is 2.00 bits per heavy atom. The number of carbonyl (C=O) groups is 1. The van der Waals surface area contributed by atoms with E-state index in [1.54, 1.807) is 17.1 Å². The number of amides is 1. The molecule has 0 saturated heterocycles. The molecule has 0 unspecified atom stereocenters. The SMILES string of the molecule is Cc1nc(NCc2cnn(Cc3cc(C(F)(F)F)nn3C)c2)cc2c1NC(=O)[C@H](C)N2C. The van der Waals surface area contributed by atoms with Crippen LogP contribution in [-0.4, -0.2) is 43.5 Å². The highest BCUT2D eigenvalue weighted by Crippen LogP contribution is 2.35. The van der Waals surface area contributed by atoms with Crippen LogP contribution in [-0.2, 0) is 31.1 Å². The molecule has 0 bridgehead atoms. The third kappa shape index (κ3) is 4.12. The van der Waals surface area contributed by atoms with Gasteiger partial charge >= 0.3 is 6.18 Å². The largest absolute Gasteiger partial charge is 0.435 e. The van der Waals surface area contributed by atoms with Crippen LogP contribution in [0.1, 0.15) is 29.6 Å². The van der Waals surface area contributed by atoms with Crippen LogP contribution in [0.2, 0.25) is 0 Å². The summed E-state index contributed by atoms with van der Waals surface area (Å²) in [6.07, 6.45) is -1.08. The lowest BCUT2D eigenvalue weighted by Gasteiger charge is -2.34. The number of carbonyl (C=O) groups excluding carboxylic acids is 1. The van der Waals surface area contributed by atoms with Gasteiger partial charge < -0.3 is 15.5 Å². The van der Waals surface area contributed by atoms with Gasteiger partial charge in [0.15, 0.2) is 5.69 Å². The number of hydrogen-bond acceptors (Lipinski definition) is 6. The molecular formula is C20H23F3N8O. The number of likely N-dealkylation sites (N-methyl/N-ethyl adjacent to an activating group) is 1. The lowest BCUT2D eigenvalue weighted by Crippen LogP contribution is -2.44. The van der Waals surface area contributed by atoms with Crippen LogP contribution in [0.4, 0.5) is 30.4 Å². The molecule has 1 aliphatic heterocycles. The van der Waals surface area contributed by atoms with Crippen molar-refractivity contribution in [2.24, 2.45) is 7.05 Å². The second kappa shape index (κ2) is 7.84. The number of nitrogens with one attached hydrogen (secondary N) is 2. The molecule has 3 aromatic heterocycles. The first-order valence-corrected chi connectivity index (χ1v) is 9.93. The summed E-state index contributed by atoms with van der Waals surface area (Å²) in [6.45, 7) is 4.25. The third-order valence-electron chi connectivity index (χ3n) is 5.52. The minimum Gasteiger partial charge on any atom is -0.366 e. The highest BCUT2D eigenvalue weighted by atomic mass is 19.4. The predicted octanol–water partition coefficient (Wildman–Crippen LogP) is 2.78. The number of anilines is 3. The molecule has 170 valence electrons. The van der Waals surface area contributed by atoms with Crippen molar-refractivity contribution >= 4 is 23.1 Å². The Hall–Kier alpha value is -3.57. The third-order valence-corrected chi connectivity index (χ3v) is 5.52. The average Bonchev–Trinajstić information content (AvgIpc) is 3.32. The summed E-state index contributed by atoms with van der Waals surface area (Å²) >= 11 is 0. The van der Waals surface area contributed by atoms with E-state index >= 15 is 0 Å². The van der Waals surface area contributed by atoms with Crippen molar-refractivity contribution in [3.8, 4) is 0 Å². The van der Waals surface area contributed by atoms with Gasteiger partial charge in [0.2, 0.25) is 5.91 Å².